The van der Waals surface area contributed by atoms with Crippen molar-refractivity contribution in [3.8, 4) is 0 Å². The number of hydrogen-bond acceptors (Lipinski definition) is 5. The summed E-state index contributed by atoms with van der Waals surface area (Å²) >= 11 is 3.59. The Hall–Kier alpha value is -1.50. The van der Waals surface area contributed by atoms with E-state index >= 15 is 0 Å². The Balaban J connectivity index is 1.53. The molecule has 1 aliphatic rings. The first-order chi connectivity index (χ1) is 12.7. The molecule has 6 heteroatoms. The third-order valence-corrected chi connectivity index (χ3v) is 6.05. The first-order valence-electron chi connectivity index (χ1n) is 8.85. The van der Waals surface area contributed by atoms with E-state index in [0.29, 0.717) is 24.3 Å². The highest BCUT2D eigenvalue weighted by molar-refractivity contribution is 7.99. The van der Waals surface area contributed by atoms with Crippen molar-refractivity contribution in [3.05, 3.63) is 47.5 Å². The molecule has 4 nitrogen and oxygen atoms in total. The van der Waals surface area contributed by atoms with Gasteiger partial charge < -0.3 is 4.74 Å². The van der Waals surface area contributed by atoms with Crippen LogP contribution in [0, 0.1) is 0 Å². The number of carbonyl (C=O) groups is 2. The second-order valence-electron chi connectivity index (χ2n) is 5.89. The van der Waals surface area contributed by atoms with Gasteiger partial charge in [0.2, 0.25) is 0 Å². The van der Waals surface area contributed by atoms with Crippen LogP contribution in [0.1, 0.15) is 27.6 Å². The molecule has 26 heavy (non-hydrogen) atoms. The van der Waals surface area contributed by atoms with Crippen LogP contribution in [-0.4, -0.2) is 59.5 Å². The van der Waals surface area contributed by atoms with Crippen molar-refractivity contribution < 1.29 is 14.3 Å². The van der Waals surface area contributed by atoms with E-state index in [0.717, 1.165) is 40.4 Å². The van der Waals surface area contributed by atoms with E-state index in [1.165, 1.54) is 4.90 Å². The minimum Gasteiger partial charge on any atom is -0.380 e. The average Bonchev–Trinajstić information content (AvgIpc) is 2.67. The Bertz CT molecular complexity index is 743. The molecule has 0 aromatic heterocycles. The minimum atomic E-state index is -0.187. The smallest absolute Gasteiger partial charge is 0.261 e. The van der Waals surface area contributed by atoms with Gasteiger partial charge in [-0.05, 0) is 23.3 Å². The van der Waals surface area contributed by atoms with Crippen molar-refractivity contribution in [2.75, 3.05) is 42.8 Å². The van der Waals surface area contributed by atoms with E-state index in [9.17, 15) is 9.59 Å². The molecule has 0 saturated heterocycles. The molecular weight excluding hydrogens is 366 g/mol. The SMILES string of the molecule is CCSCCOCCSCCN1C(=O)c2cccc3cccc(c23)C1=O. The number of benzene rings is 2. The molecule has 138 valence electrons. The van der Waals surface area contributed by atoms with Crippen molar-refractivity contribution in [2.24, 2.45) is 0 Å². The van der Waals surface area contributed by atoms with Gasteiger partial charge in [0.15, 0.2) is 0 Å². The lowest BCUT2D eigenvalue weighted by atomic mass is 9.94. The molecule has 2 aromatic carbocycles. The molecule has 1 heterocycles. The van der Waals surface area contributed by atoms with Gasteiger partial charge in [-0.15, -0.1) is 0 Å². The molecule has 0 radical (unpaired) electrons. The van der Waals surface area contributed by atoms with Crippen LogP contribution >= 0.6 is 23.5 Å². The van der Waals surface area contributed by atoms with Crippen LogP contribution in [0.3, 0.4) is 0 Å². The second kappa shape index (κ2) is 9.44. The summed E-state index contributed by atoms with van der Waals surface area (Å²) in [6, 6.07) is 11.2. The quantitative estimate of drug-likeness (QED) is 0.455. The number of amides is 2. The molecule has 2 aromatic rings. The zero-order valence-electron chi connectivity index (χ0n) is 14.9. The summed E-state index contributed by atoms with van der Waals surface area (Å²) in [4.78, 5) is 26.9. The monoisotopic (exact) mass is 389 g/mol. The zero-order valence-corrected chi connectivity index (χ0v) is 16.5. The predicted molar refractivity (Wildman–Crippen MR) is 110 cm³/mol. The number of thioether (sulfide) groups is 2. The largest absolute Gasteiger partial charge is 0.380 e. The fourth-order valence-electron chi connectivity index (χ4n) is 3.02. The number of ether oxygens (including phenoxy) is 1. The maximum Gasteiger partial charge on any atom is 0.261 e. The highest BCUT2D eigenvalue weighted by atomic mass is 32.2. The lowest BCUT2D eigenvalue weighted by Gasteiger charge is -2.27. The van der Waals surface area contributed by atoms with E-state index in [-0.39, 0.29) is 11.8 Å². The van der Waals surface area contributed by atoms with Gasteiger partial charge in [-0.1, -0.05) is 31.2 Å². The molecule has 3 rings (SSSR count). The van der Waals surface area contributed by atoms with Crippen LogP contribution in [-0.2, 0) is 4.74 Å². The Labute approximate surface area is 162 Å². The van der Waals surface area contributed by atoms with Gasteiger partial charge in [-0.25, -0.2) is 0 Å². The van der Waals surface area contributed by atoms with Gasteiger partial charge in [-0.2, -0.15) is 23.5 Å². The molecule has 1 aliphatic heterocycles. The molecule has 2 amide bonds. The van der Waals surface area contributed by atoms with E-state index in [1.807, 2.05) is 48.2 Å². The van der Waals surface area contributed by atoms with Crippen molar-refractivity contribution in [2.45, 2.75) is 6.92 Å². The Morgan fingerprint density at radius 1 is 0.885 bits per heavy atom. The highest BCUT2D eigenvalue weighted by Crippen LogP contribution is 2.29. The number of nitrogens with zero attached hydrogens (tertiary/aromatic N) is 1. The van der Waals surface area contributed by atoms with E-state index < -0.39 is 0 Å². The molecule has 0 atom stereocenters. The van der Waals surface area contributed by atoms with Crippen LogP contribution in [0.4, 0.5) is 0 Å². The van der Waals surface area contributed by atoms with Crippen LogP contribution in [0.5, 0.6) is 0 Å². The summed E-state index contributed by atoms with van der Waals surface area (Å²) in [5.41, 5.74) is 1.25. The standard InChI is InChI=1S/C20H23NO3S2/c1-2-25-13-10-24-11-14-26-12-9-21-19(22)16-7-3-5-15-6-4-8-17(18(15)16)20(21)23/h3-8H,2,9-14H2,1H3. The van der Waals surface area contributed by atoms with Gasteiger partial charge in [-0.3, -0.25) is 14.5 Å². The zero-order chi connectivity index (χ0) is 18.4. The fraction of sp³-hybridized carbons (Fsp3) is 0.400. The van der Waals surface area contributed by atoms with Gasteiger partial charge >= 0.3 is 0 Å². The Morgan fingerprint density at radius 2 is 1.50 bits per heavy atom. The maximum atomic E-state index is 12.7. The van der Waals surface area contributed by atoms with Gasteiger partial charge in [0.05, 0.1) is 13.2 Å². The first kappa shape index (κ1) is 19.3. The van der Waals surface area contributed by atoms with Crippen molar-refractivity contribution in [1.29, 1.82) is 0 Å². The fourth-order valence-corrected chi connectivity index (χ4v) is 4.30. The number of carbonyl (C=O) groups excluding carboxylic acids is 2. The summed E-state index contributed by atoms with van der Waals surface area (Å²) in [6.45, 7) is 4.06. The molecule has 0 fully saturated rings. The van der Waals surface area contributed by atoms with E-state index in [2.05, 4.69) is 6.92 Å². The van der Waals surface area contributed by atoms with Crippen LogP contribution < -0.4 is 0 Å². The topological polar surface area (TPSA) is 46.6 Å². The Morgan fingerprint density at radius 3 is 2.12 bits per heavy atom. The number of imide groups is 1. The van der Waals surface area contributed by atoms with E-state index in [1.54, 1.807) is 11.8 Å². The summed E-state index contributed by atoms with van der Waals surface area (Å²) < 4.78 is 5.57. The second-order valence-corrected chi connectivity index (χ2v) is 8.51. The van der Waals surface area contributed by atoms with Crippen LogP contribution in [0.25, 0.3) is 10.8 Å². The van der Waals surface area contributed by atoms with Gasteiger partial charge in [0.1, 0.15) is 0 Å². The minimum absolute atomic E-state index is 0.187. The lowest BCUT2D eigenvalue weighted by molar-refractivity contribution is 0.0621. The Kier molecular flexibility index (Phi) is 7.00. The molecule has 0 spiro atoms. The highest BCUT2D eigenvalue weighted by Gasteiger charge is 2.32. The van der Waals surface area contributed by atoms with E-state index in [4.69, 9.17) is 4.74 Å². The van der Waals surface area contributed by atoms with Gasteiger partial charge in [0, 0.05) is 40.3 Å². The summed E-state index contributed by atoms with van der Waals surface area (Å²) in [6.07, 6.45) is 0. The van der Waals surface area contributed by atoms with Crippen LogP contribution in [0.2, 0.25) is 0 Å². The summed E-state index contributed by atoms with van der Waals surface area (Å²) in [7, 11) is 0. The number of rotatable bonds is 10. The predicted octanol–water partition coefficient (Wildman–Crippen LogP) is 3.94. The summed E-state index contributed by atoms with van der Waals surface area (Å²) in [5.74, 6) is 3.37. The molecule has 0 N–H and O–H groups in total. The van der Waals surface area contributed by atoms with Crippen LogP contribution in [0.15, 0.2) is 36.4 Å². The van der Waals surface area contributed by atoms with Gasteiger partial charge in [0.25, 0.3) is 11.8 Å². The lowest BCUT2D eigenvalue weighted by Crippen LogP contribution is -2.41. The average molecular weight is 390 g/mol. The molecule has 0 saturated carbocycles. The molecule has 0 aliphatic carbocycles. The van der Waals surface area contributed by atoms with Crippen molar-refractivity contribution >= 4 is 46.1 Å². The first-order valence-corrected chi connectivity index (χ1v) is 11.2. The van der Waals surface area contributed by atoms with Crippen molar-refractivity contribution in [1.82, 2.24) is 4.90 Å². The summed E-state index contributed by atoms with van der Waals surface area (Å²) in [5, 5.41) is 1.72. The molecule has 0 bridgehead atoms. The third-order valence-electron chi connectivity index (χ3n) is 4.26. The van der Waals surface area contributed by atoms with Crippen molar-refractivity contribution in [3.63, 3.8) is 0 Å². The number of hydrogen-bond donors (Lipinski definition) is 0. The third kappa shape index (κ3) is 4.24. The molecular formula is C20H23NO3S2. The molecule has 0 unspecified atom stereocenters. The maximum absolute atomic E-state index is 12.7. The normalized spacial score (nSPS) is 13.7.